The van der Waals surface area contributed by atoms with Crippen LogP contribution in [-0.4, -0.2) is 20.9 Å². The number of thiazole rings is 1. The average molecular weight is 364 g/mol. The van der Waals surface area contributed by atoms with Gasteiger partial charge in [0.15, 0.2) is 5.13 Å². The molecule has 0 saturated heterocycles. The Morgan fingerprint density at radius 3 is 2.62 bits per heavy atom. The van der Waals surface area contributed by atoms with Crippen LogP contribution in [0, 0.1) is 0 Å². The number of hydrogen-bond donors (Lipinski definition) is 1. The first kappa shape index (κ1) is 16.8. The standard InChI is InChI=1S/C20H20N4OS/c25-19(17-12-21-10-11-22-17)24-20-23-18(13-26-20)16-8-6-15(7-9-16)14-4-2-1-3-5-14/h6-14H,1-5H2,(H,23,24,25). The first-order valence-electron chi connectivity index (χ1n) is 8.93. The molecule has 1 aliphatic carbocycles. The molecule has 0 radical (unpaired) electrons. The molecule has 26 heavy (non-hydrogen) atoms. The maximum Gasteiger partial charge on any atom is 0.277 e. The summed E-state index contributed by atoms with van der Waals surface area (Å²) < 4.78 is 0. The summed E-state index contributed by atoms with van der Waals surface area (Å²) in [6.45, 7) is 0. The zero-order chi connectivity index (χ0) is 17.8. The molecule has 0 aliphatic heterocycles. The topological polar surface area (TPSA) is 67.8 Å². The predicted octanol–water partition coefficient (Wildman–Crippen LogP) is 4.90. The number of carbonyl (C=O) groups is 1. The smallest absolute Gasteiger partial charge is 0.277 e. The number of nitrogens with one attached hydrogen (secondary N) is 1. The summed E-state index contributed by atoms with van der Waals surface area (Å²) >= 11 is 1.41. The van der Waals surface area contributed by atoms with Crippen molar-refractivity contribution in [3.05, 3.63) is 59.5 Å². The fourth-order valence-electron chi connectivity index (χ4n) is 3.40. The third-order valence-corrected chi connectivity index (χ3v) is 5.56. The minimum absolute atomic E-state index is 0.279. The second-order valence-corrected chi connectivity index (χ2v) is 7.40. The second kappa shape index (κ2) is 7.74. The van der Waals surface area contributed by atoms with Crippen LogP contribution in [0.25, 0.3) is 11.3 Å². The number of carbonyl (C=O) groups excluding carboxylic acids is 1. The third-order valence-electron chi connectivity index (χ3n) is 4.80. The van der Waals surface area contributed by atoms with Crippen molar-refractivity contribution in [2.45, 2.75) is 38.0 Å². The summed E-state index contributed by atoms with van der Waals surface area (Å²) in [5.41, 5.74) is 3.65. The molecule has 0 bridgehead atoms. The van der Waals surface area contributed by atoms with E-state index in [1.807, 2.05) is 5.38 Å². The highest BCUT2D eigenvalue weighted by molar-refractivity contribution is 7.14. The maximum absolute atomic E-state index is 12.1. The van der Waals surface area contributed by atoms with Gasteiger partial charge >= 0.3 is 0 Å². The Hall–Kier alpha value is -2.60. The minimum Gasteiger partial charge on any atom is -0.296 e. The molecule has 1 saturated carbocycles. The highest BCUT2D eigenvalue weighted by Gasteiger charge is 2.16. The normalized spacial score (nSPS) is 14.9. The van der Waals surface area contributed by atoms with Crippen LogP contribution in [0.15, 0.2) is 48.2 Å². The van der Waals surface area contributed by atoms with Crippen LogP contribution in [0.1, 0.15) is 54.1 Å². The summed E-state index contributed by atoms with van der Waals surface area (Å²) in [7, 11) is 0. The van der Waals surface area contributed by atoms with Gasteiger partial charge in [-0.05, 0) is 24.3 Å². The van der Waals surface area contributed by atoms with Gasteiger partial charge in [0.2, 0.25) is 0 Å². The lowest BCUT2D eigenvalue weighted by Crippen LogP contribution is -2.13. The van der Waals surface area contributed by atoms with Crippen LogP contribution < -0.4 is 5.32 Å². The summed E-state index contributed by atoms with van der Waals surface area (Å²) in [5, 5.41) is 5.30. The molecule has 2 heterocycles. The predicted molar refractivity (Wildman–Crippen MR) is 103 cm³/mol. The molecule has 0 spiro atoms. The number of benzene rings is 1. The Labute approximate surface area is 156 Å². The Morgan fingerprint density at radius 2 is 1.88 bits per heavy atom. The van der Waals surface area contributed by atoms with Gasteiger partial charge in [0, 0.05) is 23.3 Å². The molecule has 0 unspecified atom stereocenters. The van der Waals surface area contributed by atoms with Crippen molar-refractivity contribution in [3.8, 4) is 11.3 Å². The van der Waals surface area contributed by atoms with Gasteiger partial charge in [-0.3, -0.25) is 15.1 Å². The van der Waals surface area contributed by atoms with Crippen LogP contribution in [0.5, 0.6) is 0 Å². The molecular weight excluding hydrogens is 344 g/mol. The number of aromatic nitrogens is 3. The molecule has 1 N–H and O–H groups in total. The largest absolute Gasteiger partial charge is 0.296 e. The lowest BCUT2D eigenvalue weighted by molar-refractivity contribution is 0.102. The lowest BCUT2D eigenvalue weighted by atomic mass is 9.84. The van der Waals surface area contributed by atoms with Gasteiger partial charge in [0.1, 0.15) is 5.69 Å². The van der Waals surface area contributed by atoms with E-state index in [0.717, 1.165) is 11.3 Å². The molecule has 1 aliphatic rings. The molecule has 2 aromatic heterocycles. The first-order valence-corrected chi connectivity index (χ1v) is 9.81. The maximum atomic E-state index is 12.1. The van der Waals surface area contributed by atoms with Crippen molar-refractivity contribution in [3.63, 3.8) is 0 Å². The number of nitrogens with zero attached hydrogens (tertiary/aromatic N) is 3. The molecule has 6 heteroatoms. The summed E-state index contributed by atoms with van der Waals surface area (Å²) in [5.74, 6) is 0.404. The van der Waals surface area contributed by atoms with E-state index in [1.54, 1.807) is 0 Å². The van der Waals surface area contributed by atoms with E-state index in [0.29, 0.717) is 11.0 Å². The van der Waals surface area contributed by atoms with Gasteiger partial charge in [-0.15, -0.1) is 11.3 Å². The van der Waals surface area contributed by atoms with Crippen molar-refractivity contribution in [1.29, 1.82) is 0 Å². The molecule has 5 nitrogen and oxygen atoms in total. The van der Waals surface area contributed by atoms with Crippen LogP contribution in [-0.2, 0) is 0 Å². The van der Waals surface area contributed by atoms with Crippen LogP contribution in [0.3, 0.4) is 0 Å². The molecule has 3 aromatic rings. The van der Waals surface area contributed by atoms with Gasteiger partial charge in [-0.25, -0.2) is 9.97 Å². The highest BCUT2D eigenvalue weighted by atomic mass is 32.1. The first-order chi connectivity index (χ1) is 12.8. The average Bonchev–Trinajstić information content (AvgIpc) is 3.18. The Kier molecular flexibility index (Phi) is 5.02. The quantitative estimate of drug-likeness (QED) is 0.715. The van der Waals surface area contributed by atoms with Crippen LogP contribution >= 0.6 is 11.3 Å². The fraction of sp³-hybridized carbons (Fsp3) is 0.300. The van der Waals surface area contributed by atoms with Crippen molar-refractivity contribution < 1.29 is 4.79 Å². The number of hydrogen-bond acceptors (Lipinski definition) is 5. The fourth-order valence-corrected chi connectivity index (χ4v) is 4.12. The number of rotatable bonds is 4. The van der Waals surface area contributed by atoms with Gasteiger partial charge in [0.25, 0.3) is 5.91 Å². The third kappa shape index (κ3) is 3.80. The summed E-state index contributed by atoms with van der Waals surface area (Å²) in [4.78, 5) is 24.6. The highest BCUT2D eigenvalue weighted by Crippen LogP contribution is 2.34. The monoisotopic (exact) mass is 364 g/mol. The van der Waals surface area contributed by atoms with Crippen LogP contribution in [0.2, 0.25) is 0 Å². The molecule has 1 fully saturated rings. The van der Waals surface area contributed by atoms with E-state index in [4.69, 9.17) is 0 Å². The van der Waals surface area contributed by atoms with E-state index in [-0.39, 0.29) is 11.6 Å². The molecule has 0 atom stereocenters. The second-order valence-electron chi connectivity index (χ2n) is 6.54. The SMILES string of the molecule is O=C(Nc1nc(-c2ccc(C3CCCCC3)cc2)cs1)c1cnccn1. The molecular formula is C20H20N4OS. The Balaban J connectivity index is 1.45. The van der Waals surface area contributed by atoms with E-state index >= 15 is 0 Å². The molecule has 1 amide bonds. The number of anilines is 1. The van der Waals surface area contributed by atoms with E-state index in [2.05, 4.69) is 44.5 Å². The van der Waals surface area contributed by atoms with Crippen molar-refractivity contribution >= 4 is 22.4 Å². The minimum atomic E-state index is -0.299. The zero-order valence-corrected chi connectivity index (χ0v) is 15.2. The van der Waals surface area contributed by atoms with E-state index in [9.17, 15) is 4.79 Å². The Bertz CT molecular complexity index is 870. The zero-order valence-electron chi connectivity index (χ0n) is 14.4. The van der Waals surface area contributed by atoms with E-state index in [1.165, 1.54) is 67.6 Å². The van der Waals surface area contributed by atoms with Gasteiger partial charge in [-0.2, -0.15) is 0 Å². The van der Waals surface area contributed by atoms with Gasteiger partial charge < -0.3 is 0 Å². The van der Waals surface area contributed by atoms with Crippen molar-refractivity contribution in [2.75, 3.05) is 5.32 Å². The van der Waals surface area contributed by atoms with Crippen LogP contribution in [0.4, 0.5) is 5.13 Å². The van der Waals surface area contributed by atoms with Gasteiger partial charge in [0.05, 0.1) is 11.9 Å². The molecule has 132 valence electrons. The van der Waals surface area contributed by atoms with Crippen molar-refractivity contribution in [2.24, 2.45) is 0 Å². The van der Waals surface area contributed by atoms with Crippen molar-refractivity contribution in [1.82, 2.24) is 15.0 Å². The Morgan fingerprint density at radius 1 is 1.08 bits per heavy atom. The lowest BCUT2D eigenvalue weighted by Gasteiger charge is -2.22. The van der Waals surface area contributed by atoms with E-state index < -0.39 is 0 Å². The summed E-state index contributed by atoms with van der Waals surface area (Å²) in [6.07, 6.45) is 11.1. The summed E-state index contributed by atoms with van der Waals surface area (Å²) in [6, 6.07) is 8.71. The number of amides is 1. The molecule has 1 aromatic carbocycles. The van der Waals surface area contributed by atoms with Gasteiger partial charge in [-0.1, -0.05) is 43.5 Å². The molecule has 4 rings (SSSR count).